The number of aryl methyl sites for hydroxylation is 1. The molecule has 19 heavy (non-hydrogen) atoms. The summed E-state index contributed by atoms with van der Waals surface area (Å²) in [5.41, 5.74) is 2.60. The summed E-state index contributed by atoms with van der Waals surface area (Å²) in [6.45, 7) is 6.84. The van der Waals surface area contributed by atoms with Crippen LogP contribution in [0.15, 0.2) is 24.3 Å². The fraction of sp³-hybridized carbons (Fsp3) is 0.647. The van der Waals surface area contributed by atoms with Crippen LogP contribution < -0.4 is 0 Å². The zero-order valence-electron chi connectivity index (χ0n) is 12.2. The number of hydrogen-bond acceptors (Lipinski definition) is 1. The predicted molar refractivity (Wildman–Crippen MR) is 84.8 cm³/mol. The topological polar surface area (TPSA) is 9.23 Å². The molecule has 2 heteroatoms. The molecule has 0 aromatic heterocycles. The highest BCUT2D eigenvalue weighted by Crippen LogP contribution is 2.34. The van der Waals surface area contributed by atoms with Crippen molar-refractivity contribution in [2.24, 2.45) is 11.8 Å². The molecule has 3 unspecified atom stereocenters. The highest BCUT2D eigenvalue weighted by Gasteiger charge is 2.27. The SMILES string of the molecule is Cc1cccc(C(CBr)OC2CC(C)CC(C)C2)c1. The van der Waals surface area contributed by atoms with Crippen molar-refractivity contribution in [1.29, 1.82) is 0 Å². The number of halogens is 1. The molecule has 1 fully saturated rings. The summed E-state index contributed by atoms with van der Waals surface area (Å²) in [6.07, 6.45) is 4.37. The van der Waals surface area contributed by atoms with Gasteiger partial charge in [-0.2, -0.15) is 0 Å². The van der Waals surface area contributed by atoms with E-state index >= 15 is 0 Å². The van der Waals surface area contributed by atoms with E-state index in [1.807, 2.05) is 0 Å². The van der Waals surface area contributed by atoms with Crippen LogP contribution in [0, 0.1) is 18.8 Å². The van der Waals surface area contributed by atoms with Crippen LogP contribution in [0.4, 0.5) is 0 Å². The lowest BCUT2D eigenvalue weighted by Crippen LogP contribution is -2.28. The van der Waals surface area contributed by atoms with E-state index < -0.39 is 0 Å². The zero-order chi connectivity index (χ0) is 13.8. The number of ether oxygens (including phenoxy) is 1. The van der Waals surface area contributed by atoms with Crippen molar-refractivity contribution in [3.63, 3.8) is 0 Å². The first kappa shape index (κ1) is 15.1. The lowest BCUT2D eigenvalue weighted by atomic mass is 9.81. The second kappa shape index (κ2) is 6.90. The lowest BCUT2D eigenvalue weighted by Gasteiger charge is -2.33. The second-order valence-corrected chi connectivity index (χ2v) is 6.88. The van der Waals surface area contributed by atoms with Crippen LogP contribution in [-0.2, 0) is 4.74 Å². The summed E-state index contributed by atoms with van der Waals surface area (Å²) >= 11 is 3.61. The third-order valence-corrected chi connectivity index (χ3v) is 4.63. The molecule has 106 valence electrons. The van der Waals surface area contributed by atoms with Crippen LogP contribution in [0.1, 0.15) is 50.3 Å². The van der Waals surface area contributed by atoms with Crippen LogP contribution in [0.5, 0.6) is 0 Å². The average Bonchev–Trinajstić information content (AvgIpc) is 2.34. The number of alkyl halides is 1. The molecule has 0 aliphatic heterocycles. The molecule has 1 aromatic rings. The van der Waals surface area contributed by atoms with E-state index in [1.165, 1.54) is 30.4 Å². The minimum absolute atomic E-state index is 0.183. The van der Waals surface area contributed by atoms with Gasteiger partial charge in [0.1, 0.15) is 0 Å². The maximum absolute atomic E-state index is 6.38. The molecule has 0 saturated heterocycles. The predicted octanol–water partition coefficient (Wildman–Crippen LogP) is 5.27. The van der Waals surface area contributed by atoms with E-state index in [9.17, 15) is 0 Å². The van der Waals surface area contributed by atoms with Gasteiger partial charge in [0.05, 0.1) is 12.2 Å². The summed E-state index contributed by atoms with van der Waals surface area (Å²) < 4.78 is 6.38. The van der Waals surface area contributed by atoms with Gasteiger partial charge >= 0.3 is 0 Å². The number of rotatable bonds is 4. The molecule has 3 atom stereocenters. The molecular weight excluding hydrogens is 300 g/mol. The van der Waals surface area contributed by atoms with Gasteiger partial charge in [0.15, 0.2) is 0 Å². The van der Waals surface area contributed by atoms with Gasteiger partial charge in [0, 0.05) is 5.33 Å². The van der Waals surface area contributed by atoms with E-state index in [1.54, 1.807) is 0 Å². The fourth-order valence-electron chi connectivity index (χ4n) is 3.29. The lowest BCUT2D eigenvalue weighted by molar-refractivity contribution is -0.0401. The quantitative estimate of drug-likeness (QED) is 0.685. The Hall–Kier alpha value is -0.340. The van der Waals surface area contributed by atoms with Crippen molar-refractivity contribution in [2.75, 3.05) is 5.33 Å². The molecular formula is C17H25BrO. The van der Waals surface area contributed by atoms with Crippen LogP contribution in [-0.4, -0.2) is 11.4 Å². The standard InChI is InChI=1S/C17H25BrO/c1-12-5-4-6-15(8-12)17(11-18)19-16-9-13(2)7-14(3)10-16/h4-6,8,13-14,16-17H,7,9-11H2,1-3H3. The Morgan fingerprint density at radius 1 is 1.21 bits per heavy atom. The van der Waals surface area contributed by atoms with E-state index in [4.69, 9.17) is 4.74 Å². The molecule has 0 N–H and O–H groups in total. The summed E-state index contributed by atoms with van der Waals surface area (Å²) in [6, 6.07) is 8.67. The molecule has 0 heterocycles. The Bertz CT molecular complexity index is 394. The maximum Gasteiger partial charge on any atom is 0.0925 e. The van der Waals surface area contributed by atoms with E-state index in [0.29, 0.717) is 6.10 Å². The molecule has 0 amide bonds. The van der Waals surface area contributed by atoms with Gasteiger partial charge in [-0.05, 0) is 43.6 Å². The summed E-state index contributed by atoms with van der Waals surface area (Å²) in [7, 11) is 0. The first-order chi connectivity index (χ1) is 9.08. The van der Waals surface area contributed by atoms with Gasteiger partial charge in [-0.3, -0.25) is 0 Å². The number of hydrogen-bond donors (Lipinski definition) is 0. The molecule has 1 nitrogen and oxygen atoms in total. The van der Waals surface area contributed by atoms with Crippen molar-refractivity contribution in [3.05, 3.63) is 35.4 Å². The Balaban J connectivity index is 2.02. The minimum Gasteiger partial charge on any atom is -0.369 e. The molecule has 1 saturated carbocycles. The van der Waals surface area contributed by atoms with Gasteiger partial charge in [-0.15, -0.1) is 0 Å². The highest BCUT2D eigenvalue weighted by molar-refractivity contribution is 9.09. The average molecular weight is 325 g/mol. The van der Waals surface area contributed by atoms with Crippen molar-refractivity contribution < 1.29 is 4.74 Å². The molecule has 1 aromatic carbocycles. The summed E-state index contributed by atoms with van der Waals surface area (Å²) in [5.74, 6) is 1.59. The van der Waals surface area contributed by atoms with Gasteiger partial charge in [0.25, 0.3) is 0 Å². The van der Waals surface area contributed by atoms with E-state index in [0.717, 1.165) is 17.2 Å². The van der Waals surface area contributed by atoms with Crippen LogP contribution >= 0.6 is 15.9 Å². The summed E-state index contributed by atoms with van der Waals surface area (Å²) in [5, 5.41) is 0.871. The second-order valence-electron chi connectivity index (χ2n) is 6.23. The monoisotopic (exact) mass is 324 g/mol. The third-order valence-electron chi connectivity index (χ3n) is 4.05. The van der Waals surface area contributed by atoms with Crippen LogP contribution in [0.2, 0.25) is 0 Å². The Morgan fingerprint density at radius 2 is 1.89 bits per heavy atom. The number of benzene rings is 1. The van der Waals surface area contributed by atoms with Crippen LogP contribution in [0.25, 0.3) is 0 Å². The van der Waals surface area contributed by atoms with Gasteiger partial charge in [-0.1, -0.05) is 59.6 Å². The molecule has 1 aliphatic carbocycles. The third kappa shape index (κ3) is 4.32. The Labute approximate surface area is 125 Å². The first-order valence-electron chi connectivity index (χ1n) is 7.36. The van der Waals surface area contributed by atoms with Crippen LogP contribution in [0.3, 0.4) is 0 Å². The fourth-order valence-corrected chi connectivity index (χ4v) is 3.82. The van der Waals surface area contributed by atoms with Crippen molar-refractivity contribution in [3.8, 4) is 0 Å². The van der Waals surface area contributed by atoms with Crippen molar-refractivity contribution >= 4 is 15.9 Å². The first-order valence-corrected chi connectivity index (χ1v) is 8.48. The van der Waals surface area contributed by atoms with E-state index in [-0.39, 0.29) is 6.10 Å². The van der Waals surface area contributed by atoms with Crippen molar-refractivity contribution in [2.45, 2.75) is 52.2 Å². The summed E-state index contributed by atoms with van der Waals surface area (Å²) in [4.78, 5) is 0. The smallest absolute Gasteiger partial charge is 0.0925 e. The molecule has 2 rings (SSSR count). The molecule has 0 spiro atoms. The van der Waals surface area contributed by atoms with Gasteiger partial charge < -0.3 is 4.74 Å². The van der Waals surface area contributed by atoms with Gasteiger partial charge in [-0.25, -0.2) is 0 Å². The minimum atomic E-state index is 0.183. The van der Waals surface area contributed by atoms with E-state index in [2.05, 4.69) is 61.0 Å². The Kier molecular flexibility index (Phi) is 5.47. The van der Waals surface area contributed by atoms with Crippen molar-refractivity contribution in [1.82, 2.24) is 0 Å². The molecule has 0 bridgehead atoms. The largest absolute Gasteiger partial charge is 0.369 e. The zero-order valence-corrected chi connectivity index (χ0v) is 13.8. The maximum atomic E-state index is 6.38. The van der Waals surface area contributed by atoms with Gasteiger partial charge in [0.2, 0.25) is 0 Å². The highest BCUT2D eigenvalue weighted by atomic mass is 79.9. The molecule has 1 aliphatic rings. The molecule has 0 radical (unpaired) electrons. The normalized spacial score (nSPS) is 29.2. The Morgan fingerprint density at radius 3 is 2.47 bits per heavy atom.